The maximum Gasteiger partial charge on any atom is 0.0525 e. The molecule has 0 fully saturated rings. The van der Waals surface area contributed by atoms with Crippen LogP contribution in [0.1, 0.15) is 33.1 Å². The molecule has 0 aliphatic heterocycles. The lowest BCUT2D eigenvalue weighted by Gasteiger charge is -2.36. The van der Waals surface area contributed by atoms with E-state index < -0.39 is 0 Å². The Morgan fingerprint density at radius 2 is 2.29 bits per heavy atom. The minimum absolute atomic E-state index is 0.0531. The first-order valence-corrected chi connectivity index (χ1v) is 6.32. The Balaban J connectivity index is 3.15. The molecule has 0 unspecified atom stereocenters. The van der Waals surface area contributed by atoms with Crippen LogP contribution < -0.4 is 0 Å². The third-order valence-electron chi connectivity index (χ3n) is 3.04. The van der Waals surface area contributed by atoms with Gasteiger partial charge in [0.1, 0.15) is 0 Å². The van der Waals surface area contributed by atoms with E-state index in [1.54, 1.807) is 0 Å². The summed E-state index contributed by atoms with van der Waals surface area (Å²) in [6, 6.07) is 0. The largest absolute Gasteiger partial charge is 0.395 e. The number of aliphatic hydroxyl groups is 1. The SMILES string of the molecule is C=C(C)C1=C(SC)CCC[C@]1(C)CO. The van der Waals surface area contributed by atoms with Gasteiger partial charge >= 0.3 is 0 Å². The summed E-state index contributed by atoms with van der Waals surface area (Å²) in [6.45, 7) is 8.47. The van der Waals surface area contributed by atoms with Crippen LogP contribution in [0.25, 0.3) is 0 Å². The van der Waals surface area contributed by atoms with Crippen molar-refractivity contribution >= 4 is 11.8 Å². The normalized spacial score (nSPS) is 28.0. The van der Waals surface area contributed by atoms with E-state index in [-0.39, 0.29) is 12.0 Å². The van der Waals surface area contributed by atoms with Crippen LogP contribution in [0.15, 0.2) is 22.6 Å². The van der Waals surface area contributed by atoms with Crippen LogP contribution in [0.5, 0.6) is 0 Å². The molecule has 14 heavy (non-hydrogen) atoms. The molecule has 0 saturated heterocycles. The summed E-state index contributed by atoms with van der Waals surface area (Å²) in [6.07, 6.45) is 5.53. The lowest BCUT2D eigenvalue weighted by Crippen LogP contribution is -2.28. The average molecular weight is 212 g/mol. The second-order valence-electron chi connectivity index (χ2n) is 4.35. The fourth-order valence-electron chi connectivity index (χ4n) is 2.34. The Labute approximate surface area is 91.3 Å². The molecule has 0 bridgehead atoms. The van der Waals surface area contributed by atoms with Crippen LogP contribution in [-0.2, 0) is 0 Å². The van der Waals surface area contributed by atoms with E-state index in [9.17, 15) is 5.11 Å². The number of rotatable bonds is 3. The van der Waals surface area contributed by atoms with Crippen LogP contribution in [0, 0.1) is 5.41 Å². The van der Waals surface area contributed by atoms with Gasteiger partial charge in [-0.05, 0) is 42.9 Å². The predicted molar refractivity (Wildman–Crippen MR) is 64.4 cm³/mol. The first kappa shape index (κ1) is 11.9. The molecule has 0 saturated carbocycles. The molecule has 1 aliphatic rings. The number of hydrogen-bond acceptors (Lipinski definition) is 2. The average Bonchev–Trinajstić information content (AvgIpc) is 2.16. The lowest BCUT2D eigenvalue weighted by atomic mass is 9.72. The van der Waals surface area contributed by atoms with Crippen molar-refractivity contribution in [3.05, 3.63) is 22.6 Å². The molecule has 1 N–H and O–H groups in total. The minimum atomic E-state index is -0.0531. The van der Waals surface area contributed by atoms with Gasteiger partial charge in [-0.1, -0.05) is 19.1 Å². The summed E-state index contributed by atoms with van der Waals surface area (Å²) in [7, 11) is 0. The monoisotopic (exact) mass is 212 g/mol. The van der Waals surface area contributed by atoms with E-state index >= 15 is 0 Å². The van der Waals surface area contributed by atoms with Crippen LogP contribution in [0.4, 0.5) is 0 Å². The summed E-state index contributed by atoms with van der Waals surface area (Å²) in [5.41, 5.74) is 2.37. The number of hydrogen-bond donors (Lipinski definition) is 1. The van der Waals surface area contributed by atoms with Gasteiger partial charge in [0.15, 0.2) is 0 Å². The quantitative estimate of drug-likeness (QED) is 0.774. The molecule has 0 amide bonds. The Kier molecular flexibility index (Phi) is 3.85. The molecule has 0 radical (unpaired) electrons. The van der Waals surface area contributed by atoms with Gasteiger partial charge in [0.05, 0.1) is 6.61 Å². The third-order valence-corrected chi connectivity index (χ3v) is 3.94. The maximum absolute atomic E-state index is 9.50. The van der Waals surface area contributed by atoms with Crippen LogP contribution in [-0.4, -0.2) is 18.0 Å². The number of thioether (sulfide) groups is 1. The van der Waals surface area contributed by atoms with E-state index in [0.717, 1.165) is 18.4 Å². The van der Waals surface area contributed by atoms with Gasteiger partial charge in [0, 0.05) is 5.41 Å². The first-order valence-electron chi connectivity index (χ1n) is 5.09. The molecule has 80 valence electrons. The van der Waals surface area contributed by atoms with E-state index in [0.29, 0.717) is 0 Å². The Bertz CT molecular complexity index is 267. The van der Waals surface area contributed by atoms with Crippen LogP contribution in [0.2, 0.25) is 0 Å². The molecule has 0 aromatic rings. The fraction of sp³-hybridized carbons (Fsp3) is 0.667. The molecule has 0 aromatic heterocycles. The van der Waals surface area contributed by atoms with Gasteiger partial charge in [0.2, 0.25) is 0 Å². The number of aliphatic hydroxyl groups excluding tert-OH is 1. The summed E-state index contributed by atoms with van der Waals surface area (Å²) in [5, 5.41) is 9.50. The van der Waals surface area contributed by atoms with E-state index in [2.05, 4.69) is 19.8 Å². The third kappa shape index (κ3) is 2.06. The van der Waals surface area contributed by atoms with Crippen molar-refractivity contribution in [3.8, 4) is 0 Å². The molecule has 0 spiro atoms. The predicted octanol–water partition coefficient (Wildman–Crippen LogP) is 3.36. The Hall–Kier alpha value is -0.210. The molecule has 2 heteroatoms. The second kappa shape index (κ2) is 4.54. The van der Waals surface area contributed by atoms with Gasteiger partial charge in [-0.2, -0.15) is 0 Å². The van der Waals surface area contributed by atoms with Crippen molar-refractivity contribution in [2.75, 3.05) is 12.9 Å². The molecule has 1 rings (SSSR count). The van der Waals surface area contributed by atoms with Crippen molar-refractivity contribution in [3.63, 3.8) is 0 Å². The molecule has 1 atom stereocenters. The van der Waals surface area contributed by atoms with Crippen LogP contribution in [0.3, 0.4) is 0 Å². The zero-order valence-corrected chi connectivity index (χ0v) is 10.2. The topological polar surface area (TPSA) is 20.2 Å². The van der Waals surface area contributed by atoms with Crippen molar-refractivity contribution in [2.24, 2.45) is 5.41 Å². The highest BCUT2D eigenvalue weighted by atomic mass is 32.2. The molecule has 1 nitrogen and oxygen atoms in total. The maximum atomic E-state index is 9.50. The van der Waals surface area contributed by atoms with E-state index in [1.807, 2.05) is 18.7 Å². The summed E-state index contributed by atoms with van der Waals surface area (Å²) < 4.78 is 0. The van der Waals surface area contributed by atoms with Gasteiger partial charge in [-0.15, -0.1) is 11.8 Å². The van der Waals surface area contributed by atoms with Crippen molar-refractivity contribution in [1.82, 2.24) is 0 Å². The van der Waals surface area contributed by atoms with E-state index in [1.165, 1.54) is 16.9 Å². The molecular formula is C12H20OS. The highest BCUT2D eigenvalue weighted by Gasteiger charge is 2.33. The summed E-state index contributed by atoms with van der Waals surface area (Å²) >= 11 is 1.81. The minimum Gasteiger partial charge on any atom is -0.395 e. The molecular weight excluding hydrogens is 192 g/mol. The number of allylic oxidation sites excluding steroid dienone is 2. The standard InChI is InChI=1S/C12H20OS/c1-9(2)11-10(14-4)6-5-7-12(11,3)8-13/h13H,1,5-8H2,2-4H3/t12-/m1/s1. The van der Waals surface area contributed by atoms with Crippen molar-refractivity contribution in [1.29, 1.82) is 0 Å². The molecule has 1 aliphatic carbocycles. The van der Waals surface area contributed by atoms with Gasteiger partial charge in [-0.25, -0.2) is 0 Å². The summed E-state index contributed by atoms with van der Waals surface area (Å²) in [5.74, 6) is 0. The van der Waals surface area contributed by atoms with Gasteiger partial charge in [-0.3, -0.25) is 0 Å². The molecule has 0 aromatic carbocycles. The van der Waals surface area contributed by atoms with Gasteiger partial charge < -0.3 is 5.11 Å². The van der Waals surface area contributed by atoms with Crippen LogP contribution >= 0.6 is 11.8 Å². The Morgan fingerprint density at radius 3 is 2.71 bits per heavy atom. The highest BCUT2D eigenvalue weighted by Crippen LogP contribution is 2.46. The molecule has 0 heterocycles. The summed E-state index contributed by atoms with van der Waals surface area (Å²) in [4.78, 5) is 1.42. The lowest BCUT2D eigenvalue weighted by molar-refractivity contribution is 0.159. The fourth-order valence-corrected chi connectivity index (χ4v) is 3.31. The highest BCUT2D eigenvalue weighted by molar-refractivity contribution is 8.02. The van der Waals surface area contributed by atoms with E-state index in [4.69, 9.17) is 0 Å². The zero-order valence-electron chi connectivity index (χ0n) is 9.39. The van der Waals surface area contributed by atoms with Crippen molar-refractivity contribution in [2.45, 2.75) is 33.1 Å². The van der Waals surface area contributed by atoms with Crippen molar-refractivity contribution < 1.29 is 5.11 Å². The smallest absolute Gasteiger partial charge is 0.0525 e. The second-order valence-corrected chi connectivity index (χ2v) is 5.26. The van der Waals surface area contributed by atoms with Gasteiger partial charge in [0.25, 0.3) is 0 Å². The Morgan fingerprint density at radius 1 is 1.64 bits per heavy atom. The first-order chi connectivity index (χ1) is 6.55. The zero-order chi connectivity index (χ0) is 10.8.